The molecule has 0 radical (unpaired) electrons. The van der Waals surface area contributed by atoms with Gasteiger partial charge in [-0.05, 0) is 29.7 Å². The molecule has 0 aliphatic carbocycles. The Balaban J connectivity index is 1.82. The van der Waals surface area contributed by atoms with Gasteiger partial charge < -0.3 is 10.4 Å². The molecule has 0 spiro atoms. The summed E-state index contributed by atoms with van der Waals surface area (Å²) in [6, 6.07) is 18.8. The minimum absolute atomic E-state index is 0.259. The van der Waals surface area contributed by atoms with Crippen LogP contribution in [0.25, 0.3) is 0 Å². The third-order valence-electron chi connectivity index (χ3n) is 4.19. The summed E-state index contributed by atoms with van der Waals surface area (Å²) < 4.78 is 0. The van der Waals surface area contributed by atoms with Gasteiger partial charge in [-0.25, -0.2) is 4.79 Å². The third kappa shape index (κ3) is 7.69. The van der Waals surface area contributed by atoms with Crippen LogP contribution in [0, 0.1) is 5.92 Å². The molecule has 0 saturated heterocycles. The van der Waals surface area contributed by atoms with Crippen LogP contribution in [0.3, 0.4) is 0 Å². The molecular formula is C21H25NO3S2. The molecule has 0 aliphatic rings. The number of hydrogen-bond donors (Lipinski definition) is 3. The van der Waals surface area contributed by atoms with Crippen molar-refractivity contribution in [2.45, 2.75) is 18.9 Å². The van der Waals surface area contributed by atoms with Crippen molar-refractivity contribution >= 4 is 36.3 Å². The molecule has 1 amide bonds. The standard InChI is InChI=1S/C21H25NO3S2/c23-20(18(14-26)13-17-9-5-2-6-10-17)22-19(21(24)25)15-27-12-11-16-7-3-1-4-8-16/h1-10,18-19,26H,11-15H2,(H,22,23)(H,24,25)/t18-,19+/m1/s1. The van der Waals surface area contributed by atoms with Crippen LogP contribution in [0.1, 0.15) is 11.1 Å². The van der Waals surface area contributed by atoms with Gasteiger partial charge in [0.25, 0.3) is 0 Å². The maximum atomic E-state index is 12.5. The minimum Gasteiger partial charge on any atom is -0.480 e. The predicted molar refractivity (Wildman–Crippen MR) is 115 cm³/mol. The Morgan fingerprint density at radius 2 is 1.59 bits per heavy atom. The number of benzene rings is 2. The van der Waals surface area contributed by atoms with Gasteiger partial charge >= 0.3 is 5.97 Å². The maximum Gasteiger partial charge on any atom is 0.327 e. The van der Waals surface area contributed by atoms with Gasteiger partial charge in [0.2, 0.25) is 5.91 Å². The van der Waals surface area contributed by atoms with Crippen LogP contribution in [0.5, 0.6) is 0 Å². The van der Waals surface area contributed by atoms with Gasteiger partial charge in [-0.3, -0.25) is 4.79 Å². The van der Waals surface area contributed by atoms with Crippen LogP contribution in [-0.2, 0) is 22.4 Å². The van der Waals surface area contributed by atoms with Crippen LogP contribution in [0.4, 0.5) is 0 Å². The molecule has 0 heterocycles. The molecule has 2 aromatic carbocycles. The van der Waals surface area contributed by atoms with Gasteiger partial charge in [-0.15, -0.1) is 0 Å². The topological polar surface area (TPSA) is 66.4 Å². The monoisotopic (exact) mass is 403 g/mol. The van der Waals surface area contributed by atoms with E-state index in [0.29, 0.717) is 17.9 Å². The molecule has 2 aromatic rings. The van der Waals surface area contributed by atoms with Crippen LogP contribution in [0.15, 0.2) is 60.7 Å². The second-order valence-corrected chi connectivity index (χ2v) is 7.79. The summed E-state index contributed by atoms with van der Waals surface area (Å²) in [5.41, 5.74) is 2.26. The molecule has 27 heavy (non-hydrogen) atoms. The Morgan fingerprint density at radius 3 is 2.15 bits per heavy atom. The van der Waals surface area contributed by atoms with E-state index in [2.05, 4.69) is 30.1 Å². The number of carbonyl (C=O) groups excluding carboxylic acids is 1. The van der Waals surface area contributed by atoms with E-state index in [-0.39, 0.29) is 11.8 Å². The highest BCUT2D eigenvalue weighted by atomic mass is 32.2. The molecule has 0 unspecified atom stereocenters. The van der Waals surface area contributed by atoms with Crippen LogP contribution < -0.4 is 5.32 Å². The Morgan fingerprint density at radius 1 is 1.00 bits per heavy atom. The fourth-order valence-corrected chi connectivity index (χ4v) is 3.94. The zero-order valence-corrected chi connectivity index (χ0v) is 16.8. The first-order chi connectivity index (χ1) is 13.1. The number of aryl methyl sites for hydroxylation is 1. The number of hydrogen-bond acceptors (Lipinski definition) is 4. The zero-order chi connectivity index (χ0) is 19.5. The van der Waals surface area contributed by atoms with Crippen molar-refractivity contribution in [1.29, 1.82) is 0 Å². The molecule has 0 fully saturated rings. The van der Waals surface area contributed by atoms with Crippen molar-refractivity contribution in [3.05, 3.63) is 71.8 Å². The van der Waals surface area contributed by atoms with E-state index < -0.39 is 12.0 Å². The summed E-state index contributed by atoms with van der Waals surface area (Å²) in [5, 5.41) is 12.1. The van der Waals surface area contributed by atoms with Crippen molar-refractivity contribution in [3.8, 4) is 0 Å². The molecule has 2 atom stereocenters. The number of carboxylic acids is 1. The quantitative estimate of drug-likeness (QED) is 0.398. The highest BCUT2D eigenvalue weighted by Gasteiger charge is 2.24. The van der Waals surface area contributed by atoms with Crippen molar-refractivity contribution < 1.29 is 14.7 Å². The SMILES string of the molecule is O=C(N[C@@H](CSCCc1ccccc1)C(=O)O)[C@@H](CS)Cc1ccccc1. The smallest absolute Gasteiger partial charge is 0.327 e. The lowest BCUT2D eigenvalue weighted by atomic mass is 10.00. The van der Waals surface area contributed by atoms with E-state index in [1.165, 1.54) is 17.3 Å². The number of nitrogens with one attached hydrogen (secondary N) is 1. The van der Waals surface area contributed by atoms with Crippen molar-refractivity contribution in [3.63, 3.8) is 0 Å². The van der Waals surface area contributed by atoms with Crippen molar-refractivity contribution in [2.75, 3.05) is 17.3 Å². The summed E-state index contributed by atoms with van der Waals surface area (Å²) in [6.45, 7) is 0. The van der Waals surface area contributed by atoms with E-state index in [9.17, 15) is 14.7 Å². The van der Waals surface area contributed by atoms with Crippen LogP contribution in [0.2, 0.25) is 0 Å². The van der Waals surface area contributed by atoms with E-state index in [0.717, 1.165) is 17.7 Å². The number of rotatable bonds is 11. The number of carboxylic acid groups (broad SMARTS) is 1. The van der Waals surface area contributed by atoms with Gasteiger partial charge in [0.05, 0.1) is 5.92 Å². The minimum atomic E-state index is -1.01. The average molecular weight is 404 g/mol. The number of carbonyl (C=O) groups is 2. The van der Waals surface area contributed by atoms with E-state index >= 15 is 0 Å². The molecule has 144 valence electrons. The average Bonchev–Trinajstić information content (AvgIpc) is 2.69. The first kappa shape index (κ1) is 21.4. The molecule has 4 nitrogen and oxygen atoms in total. The van der Waals surface area contributed by atoms with Crippen LogP contribution >= 0.6 is 24.4 Å². The van der Waals surface area contributed by atoms with E-state index in [4.69, 9.17) is 0 Å². The molecule has 0 bridgehead atoms. The number of thiol groups is 1. The maximum absolute atomic E-state index is 12.5. The number of amides is 1. The molecule has 2 rings (SSSR count). The highest BCUT2D eigenvalue weighted by molar-refractivity contribution is 7.99. The van der Waals surface area contributed by atoms with Crippen molar-refractivity contribution in [1.82, 2.24) is 5.32 Å². The Kier molecular flexibility index (Phi) is 9.28. The van der Waals surface area contributed by atoms with Crippen LogP contribution in [-0.4, -0.2) is 40.3 Å². The van der Waals surface area contributed by atoms with Gasteiger partial charge in [0, 0.05) is 11.5 Å². The lowest BCUT2D eigenvalue weighted by molar-refractivity contribution is -0.141. The van der Waals surface area contributed by atoms with Gasteiger partial charge in [-0.1, -0.05) is 60.7 Å². The van der Waals surface area contributed by atoms with E-state index in [1.54, 1.807) is 0 Å². The summed E-state index contributed by atoms with van der Waals surface area (Å²) in [5.74, 6) is -0.0961. The Hall–Kier alpha value is -1.92. The lowest BCUT2D eigenvalue weighted by Gasteiger charge is -2.19. The molecular weight excluding hydrogens is 378 g/mol. The Labute approximate surface area is 170 Å². The predicted octanol–water partition coefficient (Wildman–Crippen LogP) is 3.32. The summed E-state index contributed by atoms with van der Waals surface area (Å²) in [6.07, 6.45) is 1.42. The fraction of sp³-hybridized carbons (Fsp3) is 0.333. The molecule has 6 heteroatoms. The first-order valence-electron chi connectivity index (χ1n) is 8.89. The lowest BCUT2D eigenvalue weighted by Crippen LogP contribution is -2.46. The summed E-state index contributed by atoms with van der Waals surface area (Å²) in [4.78, 5) is 24.0. The highest BCUT2D eigenvalue weighted by Crippen LogP contribution is 2.13. The largest absolute Gasteiger partial charge is 0.480 e. The third-order valence-corrected chi connectivity index (χ3v) is 5.70. The van der Waals surface area contributed by atoms with Gasteiger partial charge in [-0.2, -0.15) is 24.4 Å². The molecule has 0 aromatic heterocycles. The van der Waals surface area contributed by atoms with E-state index in [1.807, 2.05) is 48.5 Å². The zero-order valence-electron chi connectivity index (χ0n) is 15.1. The molecule has 0 aliphatic heterocycles. The fourth-order valence-electron chi connectivity index (χ4n) is 2.64. The van der Waals surface area contributed by atoms with Gasteiger partial charge in [0.15, 0.2) is 0 Å². The second kappa shape index (κ2) is 11.7. The summed E-state index contributed by atoms with van der Waals surface area (Å²) >= 11 is 5.81. The first-order valence-corrected chi connectivity index (χ1v) is 10.7. The molecule has 2 N–H and O–H groups in total. The number of aliphatic carboxylic acids is 1. The Bertz CT molecular complexity index is 710. The second-order valence-electron chi connectivity index (χ2n) is 6.28. The normalized spacial score (nSPS) is 12.9. The molecule has 0 saturated carbocycles. The summed E-state index contributed by atoms with van der Waals surface area (Å²) in [7, 11) is 0. The number of thioether (sulfide) groups is 1. The van der Waals surface area contributed by atoms with Crippen molar-refractivity contribution in [2.24, 2.45) is 5.92 Å². The van der Waals surface area contributed by atoms with Gasteiger partial charge in [0.1, 0.15) is 6.04 Å².